The minimum Gasteiger partial charge on any atom is -0.469 e. The molecule has 1 N–H and O–H groups in total. The van der Waals surface area contributed by atoms with Crippen molar-refractivity contribution in [2.75, 3.05) is 7.11 Å². The lowest BCUT2D eigenvalue weighted by molar-refractivity contribution is -0.140. The predicted octanol–water partition coefficient (Wildman–Crippen LogP) is 4.17. The van der Waals surface area contributed by atoms with Gasteiger partial charge in [0.2, 0.25) is 0 Å². The van der Waals surface area contributed by atoms with Crippen LogP contribution >= 0.6 is 0 Å². The number of fused-ring (bicyclic) bond motifs is 1. The molecular formula is C19H19NO2. The van der Waals surface area contributed by atoms with Gasteiger partial charge in [-0.05, 0) is 30.2 Å². The van der Waals surface area contributed by atoms with Crippen LogP contribution in [0.4, 0.5) is 0 Å². The molecule has 3 nitrogen and oxygen atoms in total. The summed E-state index contributed by atoms with van der Waals surface area (Å²) < 4.78 is 4.89. The number of hydrogen-bond donors (Lipinski definition) is 1. The quantitative estimate of drug-likeness (QED) is 0.733. The van der Waals surface area contributed by atoms with E-state index in [9.17, 15) is 4.79 Å². The molecule has 0 aliphatic rings. The summed E-state index contributed by atoms with van der Waals surface area (Å²) in [5.74, 6) is -0.208. The Kier molecular flexibility index (Phi) is 3.96. The van der Waals surface area contributed by atoms with Gasteiger partial charge < -0.3 is 9.72 Å². The molecule has 0 fully saturated rings. The highest BCUT2D eigenvalue weighted by Gasteiger charge is 2.21. The van der Waals surface area contributed by atoms with E-state index in [2.05, 4.69) is 42.2 Å². The van der Waals surface area contributed by atoms with Crippen molar-refractivity contribution in [2.45, 2.75) is 19.3 Å². The second kappa shape index (κ2) is 6.06. The monoisotopic (exact) mass is 293 g/mol. The predicted molar refractivity (Wildman–Crippen MR) is 88.0 cm³/mol. The number of aromatic nitrogens is 1. The molecule has 0 amide bonds. The molecule has 0 bridgehead atoms. The Morgan fingerprint density at radius 2 is 1.95 bits per heavy atom. The fraction of sp³-hybridized carbons (Fsp3) is 0.211. The van der Waals surface area contributed by atoms with Crippen molar-refractivity contribution in [2.24, 2.45) is 0 Å². The summed E-state index contributed by atoms with van der Waals surface area (Å²) in [7, 11) is 1.43. The summed E-state index contributed by atoms with van der Waals surface area (Å²) in [4.78, 5) is 15.2. The first-order valence-corrected chi connectivity index (χ1v) is 7.38. The van der Waals surface area contributed by atoms with Crippen molar-refractivity contribution >= 4 is 16.9 Å². The average Bonchev–Trinajstić information content (AvgIpc) is 2.96. The van der Waals surface area contributed by atoms with Gasteiger partial charge in [-0.2, -0.15) is 0 Å². The molecule has 3 heteroatoms. The standard InChI is InChI=1S/C19H19NO2/c1-13-8-9-18-16(10-13)17(12-20-18)15(11-19(21)22-2)14-6-4-3-5-7-14/h3-10,12,15,20H,11H2,1-2H3/t15-/m1/s1. The van der Waals surface area contributed by atoms with Crippen LogP contribution in [-0.2, 0) is 9.53 Å². The number of ether oxygens (including phenoxy) is 1. The normalized spacial score (nSPS) is 12.3. The number of methoxy groups -OCH3 is 1. The van der Waals surface area contributed by atoms with Gasteiger partial charge in [0.25, 0.3) is 0 Å². The fourth-order valence-corrected chi connectivity index (χ4v) is 2.89. The van der Waals surface area contributed by atoms with Crippen molar-refractivity contribution in [1.29, 1.82) is 0 Å². The zero-order valence-corrected chi connectivity index (χ0v) is 12.8. The molecule has 0 saturated carbocycles. The zero-order chi connectivity index (χ0) is 15.5. The van der Waals surface area contributed by atoms with Crippen molar-refractivity contribution in [3.8, 4) is 0 Å². The number of carbonyl (C=O) groups excluding carboxylic acids is 1. The SMILES string of the molecule is COC(=O)C[C@H](c1ccccc1)c1c[nH]c2ccc(C)cc12. The van der Waals surface area contributed by atoms with Gasteiger partial charge in [0, 0.05) is 23.0 Å². The number of esters is 1. The number of aromatic amines is 1. The summed E-state index contributed by atoms with van der Waals surface area (Å²) in [5.41, 5.74) is 4.55. The summed E-state index contributed by atoms with van der Waals surface area (Å²) in [5, 5.41) is 1.16. The number of rotatable bonds is 4. The molecule has 1 aromatic heterocycles. The van der Waals surface area contributed by atoms with Gasteiger partial charge in [0.1, 0.15) is 0 Å². The first-order chi connectivity index (χ1) is 10.7. The molecule has 1 heterocycles. The molecule has 0 aliphatic carbocycles. The van der Waals surface area contributed by atoms with E-state index in [-0.39, 0.29) is 11.9 Å². The van der Waals surface area contributed by atoms with Crippen molar-refractivity contribution in [1.82, 2.24) is 4.98 Å². The van der Waals surface area contributed by atoms with E-state index in [0.29, 0.717) is 6.42 Å². The van der Waals surface area contributed by atoms with Gasteiger partial charge in [-0.3, -0.25) is 4.79 Å². The number of carbonyl (C=O) groups is 1. The highest BCUT2D eigenvalue weighted by atomic mass is 16.5. The third-order valence-electron chi connectivity index (χ3n) is 4.05. The van der Waals surface area contributed by atoms with Gasteiger partial charge in [0.15, 0.2) is 0 Å². The molecular weight excluding hydrogens is 274 g/mol. The van der Waals surface area contributed by atoms with E-state index in [4.69, 9.17) is 4.74 Å². The Morgan fingerprint density at radius 3 is 2.68 bits per heavy atom. The maximum atomic E-state index is 11.9. The number of benzene rings is 2. The molecule has 0 saturated heterocycles. The molecule has 22 heavy (non-hydrogen) atoms. The maximum absolute atomic E-state index is 11.9. The Labute approximate surface area is 129 Å². The lowest BCUT2D eigenvalue weighted by atomic mass is 9.88. The number of aryl methyl sites for hydroxylation is 1. The molecule has 0 aliphatic heterocycles. The van der Waals surface area contributed by atoms with E-state index in [1.807, 2.05) is 24.4 Å². The summed E-state index contributed by atoms with van der Waals surface area (Å²) >= 11 is 0. The Morgan fingerprint density at radius 1 is 1.18 bits per heavy atom. The Balaban J connectivity index is 2.11. The largest absolute Gasteiger partial charge is 0.469 e. The van der Waals surface area contributed by atoms with E-state index >= 15 is 0 Å². The smallest absolute Gasteiger partial charge is 0.306 e. The number of nitrogens with one attached hydrogen (secondary N) is 1. The molecule has 112 valence electrons. The highest BCUT2D eigenvalue weighted by molar-refractivity contribution is 5.86. The molecule has 0 spiro atoms. The van der Waals surface area contributed by atoms with Crippen LogP contribution in [0.1, 0.15) is 29.0 Å². The third kappa shape index (κ3) is 2.75. The van der Waals surface area contributed by atoms with Crippen LogP contribution in [0.3, 0.4) is 0 Å². The van der Waals surface area contributed by atoms with Gasteiger partial charge in [-0.25, -0.2) is 0 Å². The molecule has 1 atom stereocenters. The van der Waals surface area contributed by atoms with E-state index in [1.54, 1.807) is 0 Å². The van der Waals surface area contributed by atoms with Crippen LogP contribution in [0, 0.1) is 6.92 Å². The third-order valence-corrected chi connectivity index (χ3v) is 4.05. The molecule has 2 aromatic carbocycles. The van der Waals surface area contributed by atoms with Gasteiger partial charge >= 0.3 is 5.97 Å². The maximum Gasteiger partial charge on any atom is 0.306 e. The summed E-state index contributed by atoms with van der Waals surface area (Å²) in [6, 6.07) is 16.4. The van der Waals surface area contributed by atoms with E-state index < -0.39 is 0 Å². The first-order valence-electron chi connectivity index (χ1n) is 7.38. The topological polar surface area (TPSA) is 42.1 Å². The van der Waals surface area contributed by atoms with Gasteiger partial charge in [-0.15, -0.1) is 0 Å². The van der Waals surface area contributed by atoms with Crippen LogP contribution in [0.15, 0.2) is 54.7 Å². The zero-order valence-electron chi connectivity index (χ0n) is 12.8. The molecule has 3 rings (SSSR count). The molecule has 0 unspecified atom stereocenters. The molecule has 0 radical (unpaired) electrons. The van der Waals surface area contributed by atoms with Crippen molar-refractivity contribution in [3.05, 3.63) is 71.4 Å². The van der Waals surface area contributed by atoms with Gasteiger partial charge in [0.05, 0.1) is 13.5 Å². The number of H-pyrrole nitrogens is 1. The lowest BCUT2D eigenvalue weighted by Gasteiger charge is -2.16. The minimum absolute atomic E-state index is 0.0100. The summed E-state index contributed by atoms with van der Waals surface area (Å²) in [6.45, 7) is 2.08. The minimum atomic E-state index is -0.198. The van der Waals surface area contributed by atoms with Crippen molar-refractivity contribution in [3.63, 3.8) is 0 Å². The second-order valence-corrected chi connectivity index (χ2v) is 5.54. The molecule has 3 aromatic rings. The average molecular weight is 293 g/mol. The van der Waals surface area contributed by atoms with Crippen LogP contribution < -0.4 is 0 Å². The van der Waals surface area contributed by atoms with Crippen LogP contribution in [0.2, 0.25) is 0 Å². The van der Waals surface area contributed by atoms with E-state index in [1.165, 1.54) is 12.7 Å². The first kappa shape index (κ1) is 14.4. The number of hydrogen-bond acceptors (Lipinski definition) is 2. The summed E-state index contributed by atoms with van der Waals surface area (Å²) in [6.07, 6.45) is 2.34. The Hall–Kier alpha value is -2.55. The highest BCUT2D eigenvalue weighted by Crippen LogP contribution is 2.33. The van der Waals surface area contributed by atoms with Gasteiger partial charge in [-0.1, -0.05) is 42.0 Å². The van der Waals surface area contributed by atoms with E-state index in [0.717, 1.165) is 22.0 Å². The fourth-order valence-electron chi connectivity index (χ4n) is 2.89. The lowest BCUT2D eigenvalue weighted by Crippen LogP contribution is -2.09. The Bertz CT molecular complexity index is 790. The van der Waals surface area contributed by atoms with Crippen molar-refractivity contribution < 1.29 is 9.53 Å². The van der Waals surface area contributed by atoms with Crippen LogP contribution in [-0.4, -0.2) is 18.1 Å². The second-order valence-electron chi connectivity index (χ2n) is 5.54. The van der Waals surface area contributed by atoms with Crippen LogP contribution in [0.25, 0.3) is 10.9 Å². The van der Waals surface area contributed by atoms with Crippen LogP contribution in [0.5, 0.6) is 0 Å².